The van der Waals surface area contributed by atoms with Crippen LogP contribution in [-0.4, -0.2) is 18.8 Å². The van der Waals surface area contributed by atoms with Gasteiger partial charge in [0.2, 0.25) is 0 Å². The molecule has 0 saturated heterocycles. The van der Waals surface area contributed by atoms with Crippen LogP contribution in [0.15, 0.2) is 78.9 Å². The monoisotopic (exact) mass is 374 g/mol. The molecule has 142 valence electrons. The van der Waals surface area contributed by atoms with Crippen molar-refractivity contribution < 1.29 is 14.3 Å². The van der Waals surface area contributed by atoms with E-state index in [1.807, 2.05) is 54.6 Å². The Morgan fingerprint density at radius 3 is 2.21 bits per heavy atom. The van der Waals surface area contributed by atoms with Gasteiger partial charge in [0.05, 0.1) is 7.11 Å². The van der Waals surface area contributed by atoms with Crippen LogP contribution >= 0.6 is 0 Å². The quantitative estimate of drug-likeness (QED) is 0.589. The molecular formula is C23H22N2O3. The van der Waals surface area contributed by atoms with Crippen LogP contribution in [0.1, 0.15) is 28.9 Å². The van der Waals surface area contributed by atoms with Crippen molar-refractivity contribution in [2.45, 2.75) is 13.0 Å². The average Bonchev–Trinajstić information content (AvgIpc) is 2.73. The summed E-state index contributed by atoms with van der Waals surface area (Å²) in [6, 6.07) is 23.2. The smallest absolute Gasteiger partial charge is 0.251 e. The molecule has 0 heterocycles. The molecule has 0 aromatic heterocycles. The van der Waals surface area contributed by atoms with Crippen LogP contribution in [0.25, 0.3) is 0 Å². The van der Waals surface area contributed by atoms with E-state index in [0.29, 0.717) is 11.3 Å². The average molecular weight is 374 g/mol. The number of methoxy groups -OCH3 is 1. The number of carbonyl (C=O) groups is 2. The number of ketones is 1. The molecule has 1 amide bonds. The maximum Gasteiger partial charge on any atom is 0.251 e. The first kappa shape index (κ1) is 19.2. The van der Waals surface area contributed by atoms with Crippen molar-refractivity contribution >= 4 is 23.1 Å². The SMILES string of the molecule is COc1ccc(N[C@@H](C(=O)Nc2cccc(C(C)=O)c2)c2ccccc2)cc1. The van der Waals surface area contributed by atoms with Crippen molar-refractivity contribution in [2.75, 3.05) is 17.7 Å². The number of carbonyl (C=O) groups excluding carboxylic acids is 2. The summed E-state index contributed by atoms with van der Waals surface area (Å²) in [5, 5.41) is 6.17. The first-order valence-electron chi connectivity index (χ1n) is 8.94. The molecule has 5 nitrogen and oxygen atoms in total. The Morgan fingerprint density at radius 1 is 0.857 bits per heavy atom. The molecule has 0 spiro atoms. The Kier molecular flexibility index (Phi) is 6.07. The van der Waals surface area contributed by atoms with Gasteiger partial charge in [-0.05, 0) is 48.9 Å². The number of nitrogens with one attached hydrogen (secondary N) is 2. The van der Waals surface area contributed by atoms with E-state index in [1.165, 1.54) is 6.92 Å². The zero-order valence-electron chi connectivity index (χ0n) is 15.8. The standard InChI is InChI=1S/C23H22N2O3/c1-16(26)18-9-6-10-20(15-18)25-23(27)22(17-7-4-3-5-8-17)24-19-11-13-21(28-2)14-12-19/h3-15,22,24H,1-2H3,(H,25,27)/t22-/m1/s1. The van der Waals surface area contributed by atoms with Gasteiger partial charge < -0.3 is 15.4 Å². The minimum atomic E-state index is -0.601. The number of anilines is 2. The third-order valence-electron chi connectivity index (χ3n) is 4.33. The minimum Gasteiger partial charge on any atom is -0.497 e. The fraction of sp³-hybridized carbons (Fsp3) is 0.130. The lowest BCUT2D eigenvalue weighted by molar-refractivity contribution is -0.117. The Labute approximate surface area is 164 Å². The highest BCUT2D eigenvalue weighted by molar-refractivity contribution is 5.99. The van der Waals surface area contributed by atoms with E-state index in [9.17, 15) is 9.59 Å². The van der Waals surface area contributed by atoms with Gasteiger partial charge in [0, 0.05) is 16.9 Å². The van der Waals surface area contributed by atoms with Gasteiger partial charge in [0.15, 0.2) is 5.78 Å². The molecule has 0 radical (unpaired) electrons. The van der Waals surface area contributed by atoms with E-state index >= 15 is 0 Å². The van der Waals surface area contributed by atoms with Crippen molar-refractivity contribution in [3.05, 3.63) is 90.0 Å². The topological polar surface area (TPSA) is 67.4 Å². The summed E-state index contributed by atoms with van der Waals surface area (Å²) in [5.41, 5.74) is 2.76. The van der Waals surface area contributed by atoms with Crippen LogP contribution in [0.2, 0.25) is 0 Å². The lowest BCUT2D eigenvalue weighted by atomic mass is 10.0. The Balaban J connectivity index is 1.84. The second-order valence-corrected chi connectivity index (χ2v) is 6.34. The van der Waals surface area contributed by atoms with Gasteiger partial charge in [-0.1, -0.05) is 42.5 Å². The molecule has 5 heteroatoms. The number of rotatable bonds is 7. The van der Waals surface area contributed by atoms with E-state index in [0.717, 1.165) is 17.0 Å². The summed E-state index contributed by atoms with van der Waals surface area (Å²) < 4.78 is 5.18. The van der Waals surface area contributed by atoms with Gasteiger partial charge >= 0.3 is 0 Å². The molecule has 0 aliphatic carbocycles. The van der Waals surface area contributed by atoms with Crippen LogP contribution in [0.5, 0.6) is 5.75 Å². The number of ether oxygens (including phenoxy) is 1. The third-order valence-corrected chi connectivity index (χ3v) is 4.33. The second kappa shape index (κ2) is 8.86. The Bertz CT molecular complexity index is 953. The molecule has 0 bridgehead atoms. The van der Waals surface area contributed by atoms with Gasteiger partial charge in [-0.25, -0.2) is 0 Å². The summed E-state index contributed by atoms with van der Waals surface area (Å²) in [6.45, 7) is 1.50. The third kappa shape index (κ3) is 4.76. The van der Waals surface area contributed by atoms with Gasteiger partial charge in [0.1, 0.15) is 11.8 Å². The largest absolute Gasteiger partial charge is 0.497 e. The minimum absolute atomic E-state index is 0.0490. The zero-order valence-corrected chi connectivity index (χ0v) is 15.8. The highest BCUT2D eigenvalue weighted by atomic mass is 16.5. The maximum atomic E-state index is 13.0. The summed E-state index contributed by atoms with van der Waals surface area (Å²) in [5.74, 6) is 0.474. The zero-order chi connectivity index (χ0) is 19.9. The fourth-order valence-electron chi connectivity index (χ4n) is 2.83. The van der Waals surface area contributed by atoms with Gasteiger partial charge in [-0.2, -0.15) is 0 Å². The highest BCUT2D eigenvalue weighted by Crippen LogP contribution is 2.24. The highest BCUT2D eigenvalue weighted by Gasteiger charge is 2.21. The van der Waals surface area contributed by atoms with Gasteiger partial charge in [-0.15, -0.1) is 0 Å². The van der Waals surface area contributed by atoms with Crippen molar-refractivity contribution in [3.8, 4) is 5.75 Å². The van der Waals surface area contributed by atoms with E-state index in [4.69, 9.17) is 4.74 Å². The number of hydrogen-bond donors (Lipinski definition) is 2. The first-order chi connectivity index (χ1) is 13.6. The van der Waals surface area contributed by atoms with E-state index < -0.39 is 6.04 Å². The molecule has 3 aromatic rings. The number of hydrogen-bond acceptors (Lipinski definition) is 4. The van der Waals surface area contributed by atoms with Crippen LogP contribution < -0.4 is 15.4 Å². The molecule has 28 heavy (non-hydrogen) atoms. The number of Topliss-reactive ketones (excluding diaryl/α,β-unsaturated/α-hetero) is 1. The molecule has 0 fully saturated rings. The Hall–Kier alpha value is -3.60. The fourth-order valence-corrected chi connectivity index (χ4v) is 2.83. The second-order valence-electron chi connectivity index (χ2n) is 6.34. The van der Waals surface area contributed by atoms with Crippen molar-refractivity contribution in [2.24, 2.45) is 0 Å². The predicted molar refractivity (Wildman–Crippen MR) is 111 cm³/mol. The van der Waals surface area contributed by atoms with Gasteiger partial charge in [0.25, 0.3) is 5.91 Å². The molecular weight excluding hydrogens is 352 g/mol. The summed E-state index contributed by atoms with van der Waals surface area (Å²) in [6.07, 6.45) is 0. The molecule has 3 aromatic carbocycles. The molecule has 0 unspecified atom stereocenters. The van der Waals surface area contributed by atoms with Crippen molar-refractivity contribution in [1.29, 1.82) is 0 Å². The summed E-state index contributed by atoms with van der Waals surface area (Å²) in [4.78, 5) is 24.6. The summed E-state index contributed by atoms with van der Waals surface area (Å²) in [7, 11) is 1.61. The van der Waals surface area contributed by atoms with E-state index in [-0.39, 0.29) is 11.7 Å². The normalized spacial score (nSPS) is 11.4. The number of amides is 1. The molecule has 0 aliphatic heterocycles. The molecule has 1 atom stereocenters. The molecule has 0 saturated carbocycles. The van der Waals surface area contributed by atoms with Crippen LogP contribution in [-0.2, 0) is 4.79 Å². The molecule has 3 rings (SSSR count). The lowest BCUT2D eigenvalue weighted by Crippen LogP contribution is -2.27. The molecule has 2 N–H and O–H groups in total. The van der Waals surface area contributed by atoms with Gasteiger partial charge in [-0.3, -0.25) is 9.59 Å². The summed E-state index contributed by atoms with van der Waals surface area (Å²) >= 11 is 0. The predicted octanol–water partition coefficient (Wildman–Crippen LogP) is 4.69. The number of benzene rings is 3. The van der Waals surface area contributed by atoms with E-state index in [2.05, 4.69) is 10.6 Å². The lowest BCUT2D eigenvalue weighted by Gasteiger charge is -2.20. The van der Waals surface area contributed by atoms with E-state index in [1.54, 1.807) is 31.4 Å². The van der Waals surface area contributed by atoms with Crippen molar-refractivity contribution in [1.82, 2.24) is 0 Å². The maximum absolute atomic E-state index is 13.0. The molecule has 0 aliphatic rings. The van der Waals surface area contributed by atoms with Crippen LogP contribution in [0, 0.1) is 0 Å². The van der Waals surface area contributed by atoms with Crippen LogP contribution in [0.3, 0.4) is 0 Å². The van der Waals surface area contributed by atoms with Crippen molar-refractivity contribution in [3.63, 3.8) is 0 Å². The van der Waals surface area contributed by atoms with Crippen LogP contribution in [0.4, 0.5) is 11.4 Å². The first-order valence-corrected chi connectivity index (χ1v) is 8.94. The Morgan fingerprint density at radius 2 is 1.57 bits per heavy atom.